The summed E-state index contributed by atoms with van der Waals surface area (Å²) in [4.78, 5) is 6.15. The van der Waals surface area contributed by atoms with Gasteiger partial charge in [-0.15, -0.1) is 0 Å². The number of amidine groups is 1. The quantitative estimate of drug-likeness (QED) is 0.291. The van der Waals surface area contributed by atoms with E-state index in [2.05, 4.69) is 4.84 Å². The van der Waals surface area contributed by atoms with Gasteiger partial charge in [-0.3, -0.25) is 0 Å². The predicted molar refractivity (Wildman–Crippen MR) is 38.4 cm³/mol. The van der Waals surface area contributed by atoms with Crippen LogP contribution < -0.4 is 5.90 Å². The molecule has 1 fully saturated rings. The van der Waals surface area contributed by atoms with Crippen LogP contribution in [0.2, 0.25) is 0 Å². The van der Waals surface area contributed by atoms with Gasteiger partial charge < -0.3 is 9.74 Å². The second-order valence-electron chi connectivity index (χ2n) is 2.47. The Labute approximate surface area is 60.4 Å². The van der Waals surface area contributed by atoms with Crippen LogP contribution in [0.4, 0.5) is 0 Å². The number of piperidine rings is 1. The van der Waals surface area contributed by atoms with Gasteiger partial charge in [-0.25, -0.2) is 5.41 Å². The maximum atomic E-state index is 7.21. The lowest BCUT2D eigenvalue weighted by Crippen LogP contribution is -2.37. The van der Waals surface area contributed by atoms with Crippen LogP contribution in [-0.4, -0.2) is 24.0 Å². The first kappa shape index (κ1) is 7.34. The first-order valence-electron chi connectivity index (χ1n) is 3.55. The van der Waals surface area contributed by atoms with Crippen molar-refractivity contribution in [3.63, 3.8) is 0 Å². The highest BCUT2D eigenvalue weighted by molar-refractivity contribution is 5.69. The molecule has 58 valence electrons. The smallest absolute Gasteiger partial charge is 0.304 e. The molecule has 0 aliphatic carbocycles. The average molecular weight is 143 g/mol. The number of hydrogen-bond acceptors (Lipinski definition) is 3. The van der Waals surface area contributed by atoms with Crippen molar-refractivity contribution >= 4 is 6.02 Å². The third-order valence-corrected chi connectivity index (χ3v) is 1.75. The molecular weight excluding hydrogens is 130 g/mol. The molecule has 1 saturated heterocycles. The SMILES string of the molecule is N=C(ON)N1CCCCC1. The molecule has 1 rings (SSSR count). The molecule has 1 aliphatic rings. The summed E-state index contributed by atoms with van der Waals surface area (Å²) in [7, 11) is 0. The van der Waals surface area contributed by atoms with E-state index in [1.807, 2.05) is 4.90 Å². The number of rotatable bonds is 0. The van der Waals surface area contributed by atoms with Crippen molar-refractivity contribution in [2.45, 2.75) is 19.3 Å². The number of nitrogens with zero attached hydrogens (tertiary/aromatic N) is 1. The molecule has 0 spiro atoms. The zero-order chi connectivity index (χ0) is 7.40. The van der Waals surface area contributed by atoms with Crippen LogP contribution in [0.15, 0.2) is 0 Å². The van der Waals surface area contributed by atoms with E-state index < -0.39 is 0 Å². The topological polar surface area (TPSA) is 62.3 Å². The summed E-state index contributed by atoms with van der Waals surface area (Å²) < 4.78 is 0. The summed E-state index contributed by atoms with van der Waals surface area (Å²) in [5.41, 5.74) is 0. The van der Waals surface area contributed by atoms with Gasteiger partial charge in [0.25, 0.3) is 0 Å². The van der Waals surface area contributed by atoms with Crippen LogP contribution >= 0.6 is 0 Å². The van der Waals surface area contributed by atoms with E-state index in [1.54, 1.807) is 0 Å². The molecule has 3 N–H and O–H groups in total. The molecule has 0 saturated carbocycles. The molecule has 0 amide bonds. The maximum absolute atomic E-state index is 7.21. The summed E-state index contributed by atoms with van der Waals surface area (Å²) in [6.07, 6.45) is 3.55. The van der Waals surface area contributed by atoms with Crippen molar-refractivity contribution < 1.29 is 4.84 Å². The van der Waals surface area contributed by atoms with E-state index in [-0.39, 0.29) is 6.02 Å². The molecule has 0 atom stereocenters. The zero-order valence-corrected chi connectivity index (χ0v) is 5.97. The van der Waals surface area contributed by atoms with E-state index in [4.69, 9.17) is 11.3 Å². The van der Waals surface area contributed by atoms with Gasteiger partial charge in [0.05, 0.1) is 0 Å². The van der Waals surface area contributed by atoms with Crippen LogP contribution in [0.3, 0.4) is 0 Å². The maximum Gasteiger partial charge on any atom is 0.304 e. The van der Waals surface area contributed by atoms with E-state index in [0.717, 1.165) is 25.9 Å². The molecule has 0 aromatic carbocycles. The molecule has 0 radical (unpaired) electrons. The summed E-state index contributed by atoms with van der Waals surface area (Å²) in [5, 5.41) is 7.21. The lowest BCUT2D eigenvalue weighted by Gasteiger charge is -2.26. The highest BCUT2D eigenvalue weighted by Gasteiger charge is 2.13. The Kier molecular flexibility index (Phi) is 2.50. The number of hydrogen-bond donors (Lipinski definition) is 2. The fourth-order valence-electron chi connectivity index (χ4n) is 1.17. The highest BCUT2D eigenvalue weighted by Crippen LogP contribution is 2.08. The fraction of sp³-hybridized carbons (Fsp3) is 0.833. The molecule has 4 nitrogen and oxygen atoms in total. The van der Waals surface area contributed by atoms with E-state index in [1.165, 1.54) is 6.42 Å². The second kappa shape index (κ2) is 3.41. The molecule has 0 unspecified atom stereocenters. The third kappa shape index (κ3) is 1.60. The van der Waals surface area contributed by atoms with Crippen LogP contribution in [0.1, 0.15) is 19.3 Å². The number of likely N-dealkylation sites (tertiary alicyclic amines) is 1. The minimum atomic E-state index is 0.0969. The minimum absolute atomic E-state index is 0.0969. The Morgan fingerprint density at radius 2 is 1.90 bits per heavy atom. The zero-order valence-electron chi connectivity index (χ0n) is 5.97. The molecule has 0 aromatic heterocycles. The van der Waals surface area contributed by atoms with Crippen molar-refractivity contribution in [3.05, 3.63) is 0 Å². The third-order valence-electron chi connectivity index (χ3n) is 1.75. The molecule has 10 heavy (non-hydrogen) atoms. The Morgan fingerprint density at radius 1 is 1.30 bits per heavy atom. The minimum Gasteiger partial charge on any atom is -0.374 e. The van der Waals surface area contributed by atoms with E-state index in [9.17, 15) is 0 Å². The normalized spacial score (nSPS) is 18.7. The van der Waals surface area contributed by atoms with Crippen molar-refractivity contribution in [2.24, 2.45) is 5.90 Å². The standard InChI is InChI=1S/C6H13N3O/c7-6(10-8)9-4-2-1-3-5-9/h7H,1-5,8H2. The Morgan fingerprint density at radius 3 is 2.40 bits per heavy atom. The lowest BCUT2D eigenvalue weighted by molar-refractivity contribution is 0.214. The second-order valence-corrected chi connectivity index (χ2v) is 2.47. The average Bonchev–Trinajstić information content (AvgIpc) is 2.05. The monoisotopic (exact) mass is 143 g/mol. The number of nitrogens with one attached hydrogen (secondary N) is 1. The van der Waals surface area contributed by atoms with Crippen LogP contribution in [0, 0.1) is 5.41 Å². The van der Waals surface area contributed by atoms with Crippen molar-refractivity contribution in [3.8, 4) is 0 Å². The van der Waals surface area contributed by atoms with Crippen molar-refractivity contribution in [1.82, 2.24) is 4.90 Å². The van der Waals surface area contributed by atoms with Crippen LogP contribution in [0.5, 0.6) is 0 Å². The van der Waals surface area contributed by atoms with Crippen LogP contribution in [0.25, 0.3) is 0 Å². The number of nitrogens with two attached hydrogens (primary N) is 1. The highest BCUT2D eigenvalue weighted by atomic mass is 16.6. The summed E-state index contributed by atoms with van der Waals surface area (Å²) in [5.74, 6) is 4.84. The lowest BCUT2D eigenvalue weighted by atomic mass is 10.1. The fourth-order valence-corrected chi connectivity index (χ4v) is 1.17. The summed E-state index contributed by atoms with van der Waals surface area (Å²) in [6.45, 7) is 1.83. The van der Waals surface area contributed by atoms with Crippen molar-refractivity contribution in [1.29, 1.82) is 5.41 Å². The molecule has 0 bridgehead atoms. The molecule has 0 aromatic rings. The Balaban J connectivity index is 2.31. The van der Waals surface area contributed by atoms with Gasteiger partial charge in [0.15, 0.2) is 0 Å². The molecule has 4 heteroatoms. The van der Waals surface area contributed by atoms with Gasteiger partial charge >= 0.3 is 6.02 Å². The van der Waals surface area contributed by atoms with Gasteiger partial charge in [0.1, 0.15) is 0 Å². The first-order chi connectivity index (χ1) is 4.84. The van der Waals surface area contributed by atoms with Gasteiger partial charge in [-0.05, 0) is 19.3 Å². The Hall–Kier alpha value is -0.770. The van der Waals surface area contributed by atoms with Gasteiger partial charge in [0.2, 0.25) is 0 Å². The van der Waals surface area contributed by atoms with Gasteiger partial charge in [0, 0.05) is 13.1 Å². The molecule has 1 heterocycles. The molecule has 1 aliphatic heterocycles. The van der Waals surface area contributed by atoms with Crippen LogP contribution in [-0.2, 0) is 4.84 Å². The largest absolute Gasteiger partial charge is 0.374 e. The first-order valence-corrected chi connectivity index (χ1v) is 3.55. The van der Waals surface area contributed by atoms with E-state index >= 15 is 0 Å². The Bertz CT molecular complexity index is 120. The summed E-state index contributed by atoms with van der Waals surface area (Å²) >= 11 is 0. The van der Waals surface area contributed by atoms with Crippen molar-refractivity contribution in [2.75, 3.05) is 13.1 Å². The predicted octanol–water partition coefficient (Wildman–Crippen LogP) is 0.297. The van der Waals surface area contributed by atoms with Gasteiger partial charge in [-0.2, -0.15) is 5.90 Å². The van der Waals surface area contributed by atoms with E-state index in [0.29, 0.717) is 0 Å². The molecular formula is C6H13N3O. The van der Waals surface area contributed by atoms with Gasteiger partial charge in [-0.1, -0.05) is 0 Å². The summed E-state index contributed by atoms with van der Waals surface area (Å²) in [6, 6.07) is 0.0969.